The lowest BCUT2D eigenvalue weighted by atomic mass is 9.99. The molecule has 1 aliphatic carbocycles. The van der Waals surface area contributed by atoms with Gasteiger partial charge in [0.05, 0.1) is 5.25 Å². The number of thioether (sulfide) groups is 1. The Balaban J connectivity index is 2.02. The zero-order chi connectivity index (χ0) is 10.2. The van der Waals surface area contributed by atoms with E-state index in [0.717, 1.165) is 19.3 Å². The molecule has 1 aliphatic rings. The molecule has 1 atom stereocenters. The Hall–Kier alpha value is 0.0200. The second-order valence-corrected chi connectivity index (χ2v) is 5.44. The first-order valence-electron chi connectivity index (χ1n) is 5.99. The van der Waals surface area contributed by atoms with E-state index in [1.165, 1.54) is 37.9 Å². The molecule has 14 heavy (non-hydrogen) atoms. The summed E-state index contributed by atoms with van der Waals surface area (Å²) in [6.45, 7) is 2.23. The van der Waals surface area contributed by atoms with Gasteiger partial charge in [0.25, 0.3) is 0 Å². The third-order valence-electron chi connectivity index (χ3n) is 2.82. The Morgan fingerprint density at radius 3 is 2.86 bits per heavy atom. The molecule has 0 radical (unpaired) electrons. The average molecular weight is 214 g/mol. The predicted molar refractivity (Wildman–Crippen MR) is 63.9 cm³/mol. The van der Waals surface area contributed by atoms with Gasteiger partial charge in [0.2, 0.25) is 0 Å². The van der Waals surface area contributed by atoms with Gasteiger partial charge in [-0.2, -0.15) is 11.8 Å². The van der Waals surface area contributed by atoms with Crippen LogP contribution in [-0.2, 0) is 4.79 Å². The molecule has 0 heterocycles. The van der Waals surface area contributed by atoms with Crippen molar-refractivity contribution in [3.05, 3.63) is 0 Å². The highest BCUT2D eigenvalue weighted by Crippen LogP contribution is 2.26. The van der Waals surface area contributed by atoms with E-state index in [1.807, 2.05) is 11.8 Å². The van der Waals surface area contributed by atoms with E-state index in [2.05, 4.69) is 6.92 Å². The lowest BCUT2D eigenvalue weighted by molar-refractivity contribution is -0.119. The highest BCUT2D eigenvalue weighted by molar-refractivity contribution is 8.00. The smallest absolute Gasteiger partial charge is 0.145 e. The monoisotopic (exact) mass is 214 g/mol. The lowest BCUT2D eigenvalue weighted by Gasteiger charge is -2.19. The minimum Gasteiger partial charge on any atom is -0.298 e. The van der Waals surface area contributed by atoms with E-state index in [1.54, 1.807) is 0 Å². The molecule has 0 bridgehead atoms. The Labute approximate surface area is 92.0 Å². The molecule has 0 aromatic carbocycles. The van der Waals surface area contributed by atoms with Crippen LogP contribution in [0.25, 0.3) is 0 Å². The Kier molecular flexibility index (Phi) is 6.33. The van der Waals surface area contributed by atoms with Crippen LogP contribution in [0, 0.1) is 0 Å². The van der Waals surface area contributed by atoms with Gasteiger partial charge in [-0.25, -0.2) is 0 Å². The largest absolute Gasteiger partial charge is 0.298 e. The van der Waals surface area contributed by atoms with Crippen LogP contribution >= 0.6 is 11.8 Å². The first kappa shape index (κ1) is 12.1. The number of hydrogen-bond acceptors (Lipinski definition) is 2. The van der Waals surface area contributed by atoms with Gasteiger partial charge in [-0.3, -0.25) is 4.79 Å². The molecule has 0 aromatic heterocycles. The molecule has 0 saturated heterocycles. The summed E-state index contributed by atoms with van der Waals surface area (Å²) in [5.74, 6) is 1.70. The van der Waals surface area contributed by atoms with E-state index in [0.29, 0.717) is 11.0 Å². The molecule has 0 aliphatic heterocycles. The average Bonchev–Trinajstić information content (AvgIpc) is 2.20. The van der Waals surface area contributed by atoms with Crippen molar-refractivity contribution in [3.8, 4) is 0 Å². The fourth-order valence-electron chi connectivity index (χ4n) is 1.88. The highest BCUT2D eigenvalue weighted by atomic mass is 32.2. The van der Waals surface area contributed by atoms with Crippen LogP contribution < -0.4 is 0 Å². The molecule has 1 unspecified atom stereocenters. The first-order chi connectivity index (χ1) is 6.84. The fourth-order valence-corrected chi connectivity index (χ4v) is 3.17. The van der Waals surface area contributed by atoms with Crippen molar-refractivity contribution in [2.45, 2.75) is 63.5 Å². The van der Waals surface area contributed by atoms with Gasteiger partial charge in [-0.1, -0.05) is 32.6 Å². The number of carbonyl (C=O) groups excluding carboxylic acids is 1. The SMILES string of the molecule is CCCCCCSC1CCCCC1=O. The molecular formula is C12H22OS. The van der Waals surface area contributed by atoms with Crippen LogP contribution in [0.15, 0.2) is 0 Å². The van der Waals surface area contributed by atoms with Gasteiger partial charge >= 0.3 is 0 Å². The zero-order valence-corrected chi connectivity index (χ0v) is 10.1. The maximum Gasteiger partial charge on any atom is 0.145 e. The summed E-state index contributed by atoms with van der Waals surface area (Å²) in [5.41, 5.74) is 0. The summed E-state index contributed by atoms with van der Waals surface area (Å²) in [7, 11) is 0. The number of hydrogen-bond donors (Lipinski definition) is 0. The quantitative estimate of drug-likeness (QED) is 0.625. The second-order valence-electron chi connectivity index (χ2n) is 4.13. The van der Waals surface area contributed by atoms with Crippen molar-refractivity contribution in [2.75, 3.05) is 5.75 Å². The number of Topliss-reactive ketones (excluding diaryl/α,β-unsaturated/α-hetero) is 1. The topological polar surface area (TPSA) is 17.1 Å². The lowest BCUT2D eigenvalue weighted by Crippen LogP contribution is -2.21. The summed E-state index contributed by atoms with van der Waals surface area (Å²) in [5, 5.41) is 0.352. The van der Waals surface area contributed by atoms with Gasteiger partial charge in [0, 0.05) is 6.42 Å². The molecule has 0 aromatic rings. The predicted octanol–water partition coefficient (Wildman–Crippen LogP) is 3.81. The van der Waals surface area contributed by atoms with Crippen LogP contribution in [0.2, 0.25) is 0 Å². The number of rotatable bonds is 6. The molecule has 2 heteroatoms. The van der Waals surface area contributed by atoms with E-state index in [-0.39, 0.29) is 0 Å². The standard InChI is InChI=1S/C12H22OS/c1-2-3-4-7-10-14-12-9-6-5-8-11(12)13/h12H,2-10H2,1H3. The number of carbonyl (C=O) groups is 1. The van der Waals surface area contributed by atoms with E-state index >= 15 is 0 Å². The molecule has 82 valence electrons. The normalized spacial score (nSPS) is 22.6. The van der Waals surface area contributed by atoms with Gasteiger partial charge in [-0.05, 0) is 25.0 Å². The van der Waals surface area contributed by atoms with Gasteiger partial charge < -0.3 is 0 Å². The number of ketones is 1. The van der Waals surface area contributed by atoms with E-state index in [9.17, 15) is 4.79 Å². The van der Waals surface area contributed by atoms with Crippen molar-refractivity contribution in [1.82, 2.24) is 0 Å². The molecule has 1 fully saturated rings. The van der Waals surface area contributed by atoms with Crippen molar-refractivity contribution in [2.24, 2.45) is 0 Å². The molecule has 1 saturated carbocycles. The van der Waals surface area contributed by atoms with Crippen LogP contribution in [0.1, 0.15) is 58.3 Å². The van der Waals surface area contributed by atoms with E-state index < -0.39 is 0 Å². The van der Waals surface area contributed by atoms with Crippen LogP contribution in [0.4, 0.5) is 0 Å². The fraction of sp³-hybridized carbons (Fsp3) is 0.917. The second kappa shape index (κ2) is 7.33. The summed E-state index contributed by atoms with van der Waals surface area (Å²) >= 11 is 1.91. The van der Waals surface area contributed by atoms with Crippen LogP contribution in [-0.4, -0.2) is 16.8 Å². The van der Waals surface area contributed by atoms with Crippen molar-refractivity contribution >= 4 is 17.5 Å². The summed E-state index contributed by atoms with van der Waals surface area (Å²) in [6.07, 6.45) is 9.65. The molecular weight excluding hydrogens is 192 g/mol. The maximum absolute atomic E-state index is 11.5. The number of unbranched alkanes of at least 4 members (excludes halogenated alkanes) is 3. The van der Waals surface area contributed by atoms with Gasteiger partial charge in [0.15, 0.2) is 0 Å². The highest BCUT2D eigenvalue weighted by Gasteiger charge is 2.21. The van der Waals surface area contributed by atoms with Crippen molar-refractivity contribution in [3.63, 3.8) is 0 Å². The summed E-state index contributed by atoms with van der Waals surface area (Å²) in [6, 6.07) is 0. The minimum absolute atomic E-state index is 0.352. The van der Waals surface area contributed by atoms with Crippen LogP contribution in [0.3, 0.4) is 0 Å². The third-order valence-corrected chi connectivity index (χ3v) is 4.24. The molecule has 0 spiro atoms. The van der Waals surface area contributed by atoms with Crippen molar-refractivity contribution in [1.29, 1.82) is 0 Å². The Bertz CT molecular complexity index is 168. The first-order valence-corrected chi connectivity index (χ1v) is 7.03. The van der Waals surface area contributed by atoms with Crippen LogP contribution in [0.5, 0.6) is 0 Å². The molecule has 1 rings (SSSR count). The molecule has 0 amide bonds. The zero-order valence-electron chi connectivity index (χ0n) is 9.26. The molecule has 1 nitrogen and oxygen atoms in total. The molecule has 0 N–H and O–H groups in total. The third kappa shape index (κ3) is 4.50. The summed E-state index contributed by atoms with van der Waals surface area (Å²) in [4.78, 5) is 11.5. The Morgan fingerprint density at radius 1 is 1.29 bits per heavy atom. The van der Waals surface area contributed by atoms with Gasteiger partial charge in [0.1, 0.15) is 5.78 Å². The maximum atomic E-state index is 11.5. The summed E-state index contributed by atoms with van der Waals surface area (Å²) < 4.78 is 0. The van der Waals surface area contributed by atoms with Crippen molar-refractivity contribution < 1.29 is 4.79 Å². The van der Waals surface area contributed by atoms with Gasteiger partial charge in [-0.15, -0.1) is 0 Å². The Morgan fingerprint density at radius 2 is 2.14 bits per heavy atom. The van der Waals surface area contributed by atoms with E-state index in [4.69, 9.17) is 0 Å². The minimum atomic E-state index is 0.352.